The van der Waals surface area contributed by atoms with Crippen LogP contribution in [0.15, 0.2) is 12.1 Å². The minimum absolute atomic E-state index is 0.0185. The summed E-state index contributed by atoms with van der Waals surface area (Å²) in [4.78, 5) is 0. The lowest BCUT2D eigenvalue weighted by Gasteiger charge is -2.10. The molecule has 15 heavy (non-hydrogen) atoms. The van der Waals surface area contributed by atoms with Crippen LogP contribution in [0.1, 0.15) is 12.0 Å². The van der Waals surface area contributed by atoms with Crippen molar-refractivity contribution in [2.24, 2.45) is 5.92 Å². The molecular formula is C11H13ClFNO. The van der Waals surface area contributed by atoms with Gasteiger partial charge in [0.15, 0.2) is 0 Å². The van der Waals surface area contributed by atoms with Crippen LogP contribution in [0.4, 0.5) is 4.39 Å². The molecule has 1 saturated heterocycles. The lowest BCUT2D eigenvalue weighted by atomic mass is 9.98. The van der Waals surface area contributed by atoms with Crippen LogP contribution < -0.4 is 5.32 Å². The van der Waals surface area contributed by atoms with Crippen LogP contribution in [-0.2, 0) is 6.42 Å². The number of hydrogen-bond acceptors (Lipinski definition) is 2. The van der Waals surface area contributed by atoms with Crippen molar-refractivity contribution in [2.75, 3.05) is 13.1 Å². The van der Waals surface area contributed by atoms with Gasteiger partial charge in [0.2, 0.25) is 0 Å². The Labute approximate surface area is 93.1 Å². The molecular weight excluding hydrogens is 217 g/mol. The highest BCUT2D eigenvalue weighted by atomic mass is 35.5. The summed E-state index contributed by atoms with van der Waals surface area (Å²) in [5.74, 6) is 0.0949. The minimum atomic E-state index is -0.390. The molecule has 0 bridgehead atoms. The highest BCUT2D eigenvalue weighted by Crippen LogP contribution is 2.31. The van der Waals surface area contributed by atoms with Gasteiger partial charge in [-0.3, -0.25) is 0 Å². The highest BCUT2D eigenvalue weighted by Gasteiger charge is 2.18. The average molecular weight is 230 g/mol. The lowest BCUT2D eigenvalue weighted by Crippen LogP contribution is -2.11. The molecule has 1 aromatic rings. The molecule has 0 aliphatic carbocycles. The van der Waals surface area contributed by atoms with Crippen molar-refractivity contribution in [3.63, 3.8) is 0 Å². The van der Waals surface area contributed by atoms with Gasteiger partial charge in [-0.2, -0.15) is 0 Å². The number of rotatable bonds is 2. The second kappa shape index (κ2) is 4.37. The van der Waals surface area contributed by atoms with E-state index in [1.54, 1.807) is 0 Å². The van der Waals surface area contributed by atoms with Gasteiger partial charge in [0.05, 0.1) is 5.02 Å². The molecule has 0 radical (unpaired) electrons. The molecule has 2 nitrogen and oxygen atoms in total. The SMILES string of the molecule is Oc1c(Cl)cc(F)cc1CC1CCNC1. The molecule has 4 heteroatoms. The zero-order chi connectivity index (χ0) is 10.8. The molecule has 0 aromatic heterocycles. The lowest BCUT2D eigenvalue weighted by molar-refractivity contribution is 0.456. The molecule has 0 saturated carbocycles. The third kappa shape index (κ3) is 2.41. The summed E-state index contributed by atoms with van der Waals surface area (Å²) >= 11 is 5.70. The Bertz CT molecular complexity index is 364. The maximum Gasteiger partial charge on any atom is 0.137 e. The summed E-state index contributed by atoms with van der Waals surface area (Å²) in [6, 6.07) is 2.49. The Morgan fingerprint density at radius 1 is 1.53 bits per heavy atom. The number of phenols is 1. The predicted octanol–water partition coefficient (Wildman–Crippen LogP) is 2.34. The first-order valence-electron chi connectivity index (χ1n) is 5.04. The van der Waals surface area contributed by atoms with E-state index in [0.717, 1.165) is 25.6 Å². The normalized spacial score (nSPS) is 20.8. The third-order valence-electron chi connectivity index (χ3n) is 2.78. The van der Waals surface area contributed by atoms with Crippen molar-refractivity contribution < 1.29 is 9.50 Å². The minimum Gasteiger partial charge on any atom is -0.506 e. The van der Waals surface area contributed by atoms with Gasteiger partial charge in [-0.05, 0) is 49.5 Å². The molecule has 1 aromatic carbocycles. The van der Waals surface area contributed by atoms with Gasteiger partial charge < -0.3 is 10.4 Å². The van der Waals surface area contributed by atoms with E-state index in [4.69, 9.17) is 11.6 Å². The van der Waals surface area contributed by atoms with Crippen LogP contribution in [0.5, 0.6) is 5.75 Å². The van der Waals surface area contributed by atoms with E-state index in [1.165, 1.54) is 6.07 Å². The fourth-order valence-electron chi connectivity index (χ4n) is 1.97. The molecule has 0 amide bonds. The van der Waals surface area contributed by atoms with Crippen LogP contribution in [0.25, 0.3) is 0 Å². The molecule has 1 aliphatic heterocycles. The number of hydrogen-bond donors (Lipinski definition) is 2. The van der Waals surface area contributed by atoms with Crippen molar-refractivity contribution in [2.45, 2.75) is 12.8 Å². The smallest absolute Gasteiger partial charge is 0.137 e. The first-order chi connectivity index (χ1) is 7.16. The Kier molecular flexibility index (Phi) is 3.12. The topological polar surface area (TPSA) is 32.3 Å². The first kappa shape index (κ1) is 10.7. The first-order valence-corrected chi connectivity index (χ1v) is 5.42. The summed E-state index contributed by atoms with van der Waals surface area (Å²) in [7, 11) is 0. The van der Waals surface area contributed by atoms with Crippen LogP contribution in [0.2, 0.25) is 5.02 Å². The zero-order valence-corrected chi connectivity index (χ0v) is 9.02. The van der Waals surface area contributed by atoms with Crippen molar-refractivity contribution in [3.05, 3.63) is 28.5 Å². The second-order valence-electron chi connectivity index (χ2n) is 3.96. The average Bonchev–Trinajstić information content (AvgIpc) is 2.66. The summed E-state index contributed by atoms with van der Waals surface area (Å²) in [6.45, 7) is 1.92. The van der Waals surface area contributed by atoms with E-state index in [1.807, 2.05) is 0 Å². The van der Waals surface area contributed by atoms with Crippen molar-refractivity contribution in [1.82, 2.24) is 5.32 Å². The highest BCUT2D eigenvalue weighted by molar-refractivity contribution is 6.32. The molecule has 82 valence electrons. The van der Waals surface area contributed by atoms with Crippen LogP contribution in [0.3, 0.4) is 0 Å². The fraction of sp³-hybridized carbons (Fsp3) is 0.455. The standard InChI is InChI=1S/C11H13ClFNO/c12-10-5-9(13)4-8(11(10)15)3-7-1-2-14-6-7/h4-5,7,14-15H,1-3,6H2. The maximum atomic E-state index is 13.1. The predicted molar refractivity (Wildman–Crippen MR) is 57.8 cm³/mol. The maximum absolute atomic E-state index is 13.1. The number of phenolic OH excluding ortho intramolecular Hbond substituents is 1. The van der Waals surface area contributed by atoms with Crippen molar-refractivity contribution >= 4 is 11.6 Å². The van der Waals surface area contributed by atoms with Gasteiger partial charge in [-0.1, -0.05) is 11.6 Å². The Hall–Kier alpha value is -0.800. The Morgan fingerprint density at radius 2 is 2.33 bits per heavy atom. The van der Waals surface area contributed by atoms with E-state index in [2.05, 4.69) is 5.32 Å². The van der Waals surface area contributed by atoms with Gasteiger partial charge in [-0.25, -0.2) is 4.39 Å². The molecule has 1 aliphatic rings. The van der Waals surface area contributed by atoms with Crippen molar-refractivity contribution in [1.29, 1.82) is 0 Å². The van der Waals surface area contributed by atoms with E-state index in [0.29, 0.717) is 17.9 Å². The molecule has 1 unspecified atom stereocenters. The van der Waals surface area contributed by atoms with E-state index >= 15 is 0 Å². The molecule has 2 N–H and O–H groups in total. The molecule has 0 spiro atoms. The monoisotopic (exact) mass is 229 g/mol. The van der Waals surface area contributed by atoms with Crippen LogP contribution in [-0.4, -0.2) is 18.2 Å². The summed E-state index contributed by atoms with van der Waals surface area (Å²) in [5, 5.41) is 13.0. The number of nitrogens with one attached hydrogen (secondary N) is 1. The Morgan fingerprint density at radius 3 is 3.00 bits per heavy atom. The van der Waals surface area contributed by atoms with Crippen molar-refractivity contribution in [3.8, 4) is 5.75 Å². The number of aromatic hydroxyl groups is 1. The van der Waals surface area contributed by atoms with Gasteiger partial charge in [0.1, 0.15) is 11.6 Å². The summed E-state index contributed by atoms with van der Waals surface area (Å²) in [6.07, 6.45) is 1.74. The van der Waals surface area contributed by atoms with Crippen LogP contribution in [0, 0.1) is 11.7 Å². The summed E-state index contributed by atoms with van der Waals surface area (Å²) in [5.41, 5.74) is 0.605. The molecule has 1 heterocycles. The van der Waals surface area contributed by atoms with Gasteiger partial charge in [0, 0.05) is 0 Å². The van der Waals surface area contributed by atoms with Gasteiger partial charge in [-0.15, -0.1) is 0 Å². The Balaban J connectivity index is 2.19. The quantitative estimate of drug-likeness (QED) is 0.816. The van der Waals surface area contributed by atoms with Gasteiger partial charge in [0.25, 0.3) is 0 Å². The summed E-state index contributed by atoms with van der Waals surface area (Å²) < 4.78 is 13.1. The van der Waals surface area contributed by atoms with E-state index in [9.17, 15) is 9.50 Å². The molecule has 1 atom stereocenters. The molecule has 2 rings (SSSR count). The largest absolute Gasteiger partial charge is 0.506 e. The second-order valence-corrected chi connectivity index (χ2v) is 4.37. The van der Waals surface area contributed by atoms with Gasteiger partial charge >= 0.3 is 0 Å². The third-order valence-corrected chi connectivity index (χ3v) is 3.07. The van der Waals surface area contributed by atoms with E-state index < -0.39 is 5.82 Å². The van der Waals surface area contributed by atoms with E-state index in [-0.39, 0.29) is 10.8 Å². The fourth-order valence-corrected chi connectivity index (χ4v) is 2.20. The number of halogens is 2. The number of benzene rings is 1. The molecule has 1 fully saturated rings. The van der Waals surface area contributed by atoms with Crippen LogP contribution >= 0.6 is 11.6 Å². The zero-order valence-electron chi connectivity index (χ0n) is 8.26.